The molecule has 1 saturated carbocycles. The molecule has 2 fully saturated rings. The number of fused-ring (bicyclic) bond motifs is 1. The summed E-state index contributed by atoms with van der Waals surface area (Å²) in [6.07, 6.45) is 2.66. The van der Waals surface area contributed by atoms with Gasteiger partial charge < -0.3 is 14.7 Å². The second-order valence-corrected chi connectivity index (χ2v) is 10.3. The fourth-order valence-electron chi connectivity index (χ4n) is 4.92. The molecule has 1 aliphatic carbocycles. The third-order valence-corrected chi connectivity index (χ3v) is 7.84. The molecule has 2 aliphatic rings. The van der Waals surface area contributed by atoms with E-state index in [1.54, 1.807) is 23.5 Å². The predicted octanol–water partition coefficient (Wildman–Crippen LogP) is 5.21. The van der Waals surface area contributed by atoms with Crippen LogP contribution in [0.15, 0.2) is 66.0 Å². The molecule has 2 aromatic carbocycles. The predicted molar refractivity (Wildman–Crippen MR) is 143 cm³/mol. The summed E-state index contributed by atoms with van der Waals surface area (Å²) in [7, 11) is 0. The highest BCUT2D eigenvalue weighted by Crippen LogP contribution is 2.36. The first kappa shape index (κ1) is 22.9. The van der Waals surface area contributed by atoms with Gasteiger partial charge in [0.2, 0.25) is 5.91 Å². The quantitative estimate of drug-likeness (QED) is 0.348. The van der Waals surface area contributed by atoms with Gasteiger partial charge in [0.1, 0.15) is 11.6 Å². The van der Waals surface area contributed by atoms with E-state index in [2.05, 4.69) is 11.0 Å². The van der Waals surface area contributed by atoms with Crippen LogP contribution in [0.1, 0.15) is 19.3 Å². The minimum absolute atomic E-state index is 0.144. The normalized spacial score (nSPS) is 15.9. The summed E-state index contributed by atoms with van der Waals surface area (Å²) in [5, 5.41) is 3.06. The molecule has 8 heteroatoms. The number of hydrogen-bond donors (Lipinski definition) is 0. The number of hydrogen-bond acceptors (Lipinski definition) is 6. The van der Waals surface area contributed by atoms with Gasteiger partial charge in [-0.3, -0.25) is 4.79 Å². The maximum Gasteiger partial charge on any atom is 0.224 e. The van der Waals surface area contributed by atoms with Crippen LogP contribution >= 0.6 is 11.3 Å². The first-order chi connectivity index (χ1) is 17.7. The highest BCUT2D eigenvalue weighted by Gasteiger charge is 2.32. The molecule has 0 atom stereocenters. The fourth-order valence-corrected chi connectivity index (χ4v) is 5.58. The van der Waals surface area contributed by atoms with Crippen molar-refractivity contribution in [2.75, 3.05) is 42.5 Å². The molecule has 6 nitrogen and oxygen atoms in total. The Bertz CT molecular complexity index is 1370. The topological polar surface area (TPSA) is 52.6 Å². The summed E-state index contributed by atoms with van der Waals surface area (Å²) < 4.78 is 14.2. The number of carbonyl (C=O) groups is 1. The van der Waals surface area contributed by atoms with Crippen molar-refractivity contribution in [2.24, 2.45) is 0 Å². The van der Waals surface area contributed by atoms with Gasteiger partial charge in [0.05, 0.1) is 16.1 Å². The molecular formula is C28H28FN5OS. The molecule has 6 rings (SSSR count). The van der Waals surface area contributed by atoms with Gasteiger partial charge in [0.15, 0.2) is 5.82 Å². The summed E-state index contributed by atoms with van der Waals surface area (Å²) in [6, 6.07) is 19.4. The first-order valence-corrected chi connectivity index (χ1v) is 13.4. The Morgan fingerprint density at radius 2 is 1.75 bits per heavy atom. The number of aromatic nitrogens is 2. The highest BCUT2D eigenvalue weighted by molar-refractivity contribution is 7.13. The van der Waals surface area contributed by atoms with Crippen molar-refractivity contribution in [1.82, 2.24) is 14.9 Å². The zero-order chi connectivity index (χ0) is 24.5. The van der Waals surface area contributed by atoms with E-state index in [0.29, 0.717) is 50.9 Å². The van der Waals surface area contributed by atoms with Crippen molar-refractivity contribution in [2.45, 2.75) is 25.3 Å². The maximum atomic E-state index is 14.2. The summed E-state index contributed by atoms with van der Waals surface area (Å²) >= 11 is 1.63. The van der Waals surface area contributed by atoms with Gasteiger partial charge >= 0.3 is 0 Å². The summed E-state index contributed by atoms with van der Waals surface area (Å²) in [5.41, 5.74) is 1.54. The lowest BCUT2D eigenvalue weighted by atomic mass is 10.2. The Balaban J connectivity index is 1.17. The highest BCUT2D eigenvalue weighted by atomic mass is 32.1. The van der Waals surface area contributed by atoms with Crippen LogP contribution in [-0.4, -0.2) is 59.5 Å². The molecule has 2 aromatic heterocycles. The number of nitrogens with zero attached hydrogens (tertiary/aromatic N) is 5. The number of halogens is 1. The monoisotopic (exact) mass is 501 g/mol. The number of para-hydroxylation sites is 2. The van der Waals surface area contributed by atoms with Crippen molar-refractivity contribution in [3.05, 3.63) is 71.9 Å². The van der Waals surface area contributed by atoms with Crippen molar-refractivity contribution in [1.29, 1.82) is 0 Å². The standard InChI is InChI=1S/C28H28FN5OS/c29-22-7-2-4-9-24(22)32-15-17-33(18-16-32)26(35)13-14-34(20-11-12-20)28-21-6-1-3-8-23(21)30-27(31-28)25-10-5-19-36-25/h1-10,19-20H,11-18H2. The number of anilines is 2. The van der Waals surface area contributed by atoms with E-state index in [-0.39, 0.29) is 11.7 Å². The van der Waals surface area contributed by atoms with E-state index in [4.69, 9.17) is 9.97 Å². The number of piperazine rings is 1. The Morgan fingerprint density at radius 3 is 2.50 bits per heavy atom. The number of benzene rings is 2. The Hall–Kier alpha value is -3.52. The molecule has 1 aliphatic heterocycles. The molecule has 1 saturated heterocycles. The van der Waals surface area contributed by atoms with E-state index >= 15 is 0 Å². The molecule has 4 aromatic rings. The van der Waals surface area contributed by atoms with Crippen LogP contribution in [0.3, 0.4) is 0 Å². The number of rotatable bonds is 7. The molecule has 184 valence electrons. The third-order valence-electron chi connectivity index (χ3n) is 6.98. The van der Waals surface area contributed by atoms with E-state index < -0.39 is 0 Å². The Labute approximate surface area is 214 Å². The lowest BCUT2D eigenvalue weighted by molar-refractivity contribution is -0.131. The van der Waals surface area contributed by atoms with Crippen LogP contribution in [0.5, 0.6) is 0 Å². The molecule has 0 spiro atoms. The van der Waals surface area contributed by atoms with Crippen molar-refractivity contribution >= 4 is 39.7 Å². The molecule has 0 unspecified atom stereocenters. The average Bonchev–Trinajstić information content (AvgIpc) is 3.60. The number of amides is 1. The Morgan fingerprint density at radius 1 is 0.972 bits per heavy atom. The molecule has 0 bridgehead atoms. The summed E-state index contributed by atoms with van der Waals surface area (Å²) in [5.74, 6) is 1.59. The summed E-state index contributed by atoms with van der Waals surface area (Å²) in [4.78, 5) is 30.3. The second-order valence-electron chi connectivity index (χ2n) is 9.36. The van der Waals surface area contributed by atoms with Gasteiger partial charge in [0, 0.05) is 50.6 Å². The molecule has 3 heterocycles. The number of thiophene rings is 1. The van der Waals surface area contributed by atoms with Gasteiger partial charge in [0.25, 0.3) is 0 Å². The molecule has 0 radical (unpaired) electrons. The van der Waals surface area contributed by atoms with E-state index in [9.17, 15) is 9.18 Å². The minimum atomic E-state index is -0.212. The van der Waals surface area contributed by atoms with Crippen molar-refractivity contribution in [3.63, 3.8) is 0 Å². The molecule has 1 amide bonds. The third kappa shape index (κ3) is 4.65. The molecular weight excluding hydrogens is 473 g/mol. The zero-order valence-corrected chi connectivity index (χ0v) is 20.8. The fraction of sp³-hybridized carbons (Fsp3) is 0.321. The largest absolute Gasteiger partial charge is 0.366 e. The minimum Gasteiger partial charge on any atom is -0.366 e. The van der Waals surface area contributed by atoms with E-state index in [1.807, 2.05) is 51.6 Å². The lowest BCUT2D eigenvalue weighted by Gasteiger charge is -2.36. The average molecular weight is 502 g/mol. The smallest absolute Gasteiger partial charge is 0.224 e. The van der Waals surface area contributed by atoms with Crippen LogP contribution in [-0.2, 0) is 4.79 Å². The van der Waals surface area contributed by atoms with Gasteiger partial charge in [-0.2, -0.15) is 0 Å². The van der Waals surface area contributed by atoms with Crippen LogP contribution in [0.2, 0.25) is 0 Å². The molecule has 36 heavy (non-hydrogen) atoms. The second kappa shape index (κ2) is 9.85. The SMILES string of the molecule is O=C(CCN(c1nc(-c2cccs2)nc2ccccc12)C1CC1)N1CCN(c2ccccc2F)CC1. The van der Waals surface area contributed by atoms with Gasteiger partial charge in [-0.15, -0.1) is 11.3 Å². The zero-order valence-electron chi connectivity index (χ0n) is 20.0. The van der Waals surface area contributed by atoms with Crippen LogP contribution in [0.4, 0.5) is 15.9 Å². The van der Waals surface area contributed by atoms with Crippen LogP contribution < -0.4 is 9.80 Å². The van der Waals surface area contributed by atoms with Crippen molar-refractivity contribution in [3.8, 4) is 10.7 Å². The van der Waals surface area contributed by atoms with E-state index in [1.165, 1.54) is 6.07 Å². The lowest BCUT2D eigenvalue weighted by Crippen LogP contribution is -2.49. The number of carbonyl (C=O) groups excluding carboxylic acids is 1. The van der Waals surface area contributed by atoms with Gasteiger partial charge in [-0.05, 0) is 48.6 Å². The first-order valence-electron chi connectivity index (χ1n) is 12.5. The Kier molecular flexibility index (Phi) is 6.27. The summed E-state index contributed by atoms with van der Waals surface area (Å²) in [6.45, 7) is 3.12. The van der Waals surface area contributed by atoms with Crippen LogP contribution in [0.25, 0.3) is 21.6 Å². The maximum absolute atomic E-state index is 14.2. The van der Waals surface area contributed by atoms with Gasteiger partial charge in [-0.25, -0.2) is 14.4 Å². The van der Waals surface area contributed by atoms with Crippen molar-refractivity contribution < 1.29 is 9.18 Å². The van der Waals surface area contributed by atoms with Crippen LogP contribution in [0, 0.1) is 5.82 Å². The molecule has 0 N–H and O–H groups in total. The van der Waals surface area contributed by atoms with E-state index in [0.717, 1.165) is 40.3 Å². The van der Waals surface area contributed by atoms with Gasteiger partial charge in [-0.1, -0.05) is 30.3 Å².